The highest BCUT2D eigenvalue weighted by Crippen LogP contribution is 2.17. The standard InChI is InChI=1S/C13H15N3O4/c1-8-2-4-10(16(19)20)6-11(8)13(18)15-9-3-5-12(17)14-7-9/h2,4,6,9H,3,5,7H2,1H3,(H,14,17)(H,15,18). The Labute approximate surface area is 115 Å². The second kappa shape index (κ2) is 5.68. The van der Waals surface area contributed by atoms with Crippen LogP contribution >= 0.6 is 0 Å². The average Bonchev–Trinajstić information content (AvgIpc) is 2.41. The molecule has 1 atom stereocenters. The summed E-state index contributed by atoms with van der Waals surface area (Å²) in [7, 11) is 0. The van der Waals surface area contributed by atoms with Gasteiger partial charge in [-0.3, -0.25) is 19.7 Å². The largest absolute Gasteiger partial charge is 0.354 e. The topological polar surface area (TPSA) is 101 Å². The Morgan fingerprint density at radius 1 is 1.50 bits per heavy atom. The van der Waals surface area contributed by atoms with Crippen LogP contribution in [0.25, 0.3) is 0 Å². The molecular formula is C13H15N3O4. The fourth-order valence-corrected chi connectivity index (χ4v) is 2.09. The van der Waals surface area contributed by atoms with Gasteiger partial charge in [0.15, 0.2) is 0 Å². The Balaban J connectivity index is 2.10. The summed E-state index contributed by atoms with van der Waals surface area (Å²) in [6.45, 7) is 2.11. The van der Waals surface area contributed by atoms with Crippen molar-refractivity contribution in [3.63, 3.8) is 0 Å². The van der Waals surface area contributed by atoms with Crippen LogP contribution in [-0.2, 0) is 4.79 Å². The first-order valence-corrected chi connectivity index (χ1v) is 6.30. The van der Waals surface area contributed by atoms with E-state index in [1.807, 2.05) is 0 Å². The maximum Gasteiger partial charge on any atom is 0.270 e. The van der Waals surface area contributed by atoms with Crippen LogP contribution in [-0.4, -0.2) is 29.3 Å². The van der Waals surface area contributed by atoms with Crippen molar-refractivity contribution >= 4 is 17.5 Å². The van der Waals surface area contributed by atoms with Gasteiger partial charge in [0.1, 0.15) is 0 Å². The van der Waals surface area contributed by atoms with Crippen molar-refractivity contribution in [2.45, 2.75) is 25.8 Å². The lowest BCUT2D eigenvalue weighted by molar-refractivity contribution is -0.384. The molecule has 2 rings (SSSR count). The van der Waals surface area contributed by atoms with Crippen molar-refractivity contribution in [1.29, 1.82) is 0 Å². The molecule has 1 saturated heterocycles. The Hall–Kier alpha value is -2.44. The molecule has 7 nitrogen and oxygen atoms in total. The lowest BCUT2D eigenvalue weighted by atomic mass is 10.0. The molecule has 1 aromatic rings. The van der Waals surface area contributed by atoms with Crippen LogP contribution in [0.15, 0.2) is 18.2 Å². The SMILES string of the molecule is Cc1ccc([N+](=O)[O-])cc1C(=O)NC1CCC(=O)NC1. The van der Waals surface area contributed by atoms with Gasteiger partial charge in [0.2, 0.25) is 5.91 Å². The molecule has 1 fully saturated rings. The molecule has 1 aliphatic rings. The number of piperidine rings is 1. The maximum atomic E-state index is 12.1. The van der Waals surface area contributed by atoms with Crippen molar-refractivity contribution in [2.24, 2.45) is 0 Å². The first-order chi connectivity index (χ1) is 9.47. The number of nitro benzene ring substituents is 1. The van der Waals surface area contributed by atoms with E-state index in [1.165, 1.54) is 12.1 Å². The fourth-order valence-electron chi connectivity index (χ4n) is 2.09. The van der Waals surface area contributed by atoms with Gasteiger partial charge in [-0.2, -0.15) is 0 Å². The highest BCUT2D eigenvalue weighted by molar-refractivity contribution is 5.96. The van der Waals surface area contributed by atoms with Crippen molar-refractivity contribution in [1.82, 2.24) is 10.6 Å². The summed E-state index contributed by atoms with van der Waals surface area (Å²) in [6.07, 6.45) is 0.949. The summed E-state index contributed by atoms with van der Waals surface area (Å²) < 4.78 is 0. The second-order valence-corrected chi connectivity index (χ2v) is 4.77. The molecule has 7 heteroatoms. The zero-order chi connectivity index (χ0) is 14.7. The van der Waals surface area contributed by atoms with Crippen LogP contribution in [0.5, 0.6) is 0 Å². The van der Waals surface area contributed by atoms with E-state index < -0.39 is 4.92 Å². The van der Waals surface area contributed by atoms with E-state index in [0.717, 1.165) is 0 Å². The molecule has 106 valence electrons. The van der Waals surface area contributed by atoms with E-state index in [0.29, 0.717) is 24.9 Å². The quantitative estimate of drug-likeness (QED) is 0.633. The Morgan fingerprint density at radius 2 is 2.25 bits per heavy atom. The molecule has 1 aromatic carbocycles. The van der Waals surface area contributed by atoms with Crippen LogP contribution in [0.2, 0.25) is 0 Å². The van der Waals surface area contributed by atoms with Gasteiger partial charge in [0.05, 0.1) is 4.92 Å². The third-order valence-corrected chi connectivity index (χ3v) is 3.28. The number of hydrogen-bond acceptors (Lipinski definition) is 4. The van der Waals surface area contributed by atoms with Gasteiger partial charge in [0.25, 0.3) is 11.6 Å². The van der Waals surface area contributed by atoms with Gasteiger partial charge in [-0.15, -0.1) is 0 Å². The highest BCUT2D eigenvalue weighted by Gasteiger charge is 2.22. The zero-order valence-electron chi connectivity index (χ0n) is 11.0. The van der Waals surface area contributed by atoms with Gasteiger partial charge in [-0.25, -0.2) is 0 Å². The summed E-state index contributed by atoms with van der Waals surface area (Å²) in [5.74, 6) is -0.380. The molecule has 0 aromatic heterocycles. The van der Waals surface area contributed by atoms with Crippen molar-refractivity contribution in [3.05, 3.63) is 39.4 Å². The molecule has 1 aliphatic heterocycles. The van der Waals surface area contributed by atoms with Gasteiger partial charge < -0.3 is 10.6 Å². The molecule has 0 bridgehead atoms. The Bertz CT molecular complexity index is 561. The van der Waals surface area contributed by atoms with E-state index >= 15 is 0 Å². The maximum absolute atomic E-state index is 12.1. The third-order valence-electron chi connectivity index (χ3n) is 3.28. The molecule has 0 aliphatic carbocycles. The van der Waals surface area contributed by atoms with E-state index in [9.17, 15) is 19.7 Å². The number of carbonyl (C=O) groups is 2. The molecule has 2 N–H and O–H groups in total. The molecule has 20 heavy (non-hydrogen) atoms. The predicted octanol–water partition coefficient (Wildman–Crippen LogP) is 0.912. The number of non-ortho nitro benzene ring substituents is 1. The molecule has 0 spiro atoms. The van der Waals surface area contributed by atoms with Crippen molar-refractivity contribution in [2.75, 3.05) is 6.54 Å². The number of nitro groups is 1. The summed E-state index contributed by atoms with van der Waals surface area (Å²) in [5, 5.41) is 16.2. The van der Waals surface area contributed by atoms with E-state index in [4.69, 9.17) is 0 Å². The van der Waals surface area contributed by atoms with Crippen molar-refractivity contribution in [3.8, 4) is 0 Å². The lowest BCUT2D eigenvalue weighted by Gasteiger charge is -2.23. The first kappa shape index (κ1) is 14.0. The fraction of sp³-hybridized carbons (Fsp3) is 0.385. The number of aryl methyl sites for hydroxylation is 1. The lowest BCUT2D eigenvalue weighted by Crippen LogP contribution is -2.47. The minimum absolute atomic E-state index is 0.0259. The van der Waals surface area contributed by atoms with Gasteiger partial charge in [-0.1, -0.05) is 6.07 Å². The highest BCUT2D eigenvalue weighted by atomic mass is 16.6. The molecule has 0 saturated carbocycles. The Morgan fingerprint density at radius 3 is 2.85 bits per heavy atom. The van der Waals surface area contributed by atoms with Crippen LogP contribution < -0.4 is 10.6 Å². The number of nitrogens with one attached hydrogen (secondary N) is 2. The normalized spacial score (nSPS) is 18.2. The van der Waals surface area contributed by atoms with E-state index in [1.54, 1.807) is 13.0 Å². The van der Waals surface area contributed by atoms with Crippen LogP contribution in [0.4, 0.5) is 5.69 Å². The summed E-state index contributed by atoms with van der Waals surface area (Å²) in [6, 6.07) is 4.05. The van der Waals surface area contributed by atoms with Crippen LogP contribution in [0.3, 0.4) is 0 Å². The van der Waals surface area contributed by atoms with Crippen LogP contribution in [0, 0.1) is 17.0 Å². The first-order valence-electron chi connectivity index (χ1n) is 6.30. The number of hydrogen-bond donors (Lipinski definition) is 2. The predicted molar refractivity (Wildman–Crippen MR) is 71.3 cm³/mol. The third kappa shape index (κ3) is 3.11. The monoisotopic (exact) mass is 277 g/mol. The average molecular weight is 277 g/mol. The molecule has 0 radical (unpaired) electrons. The van der Waals surface area contributed by atoms with Crippen LogP contribution in [0.1, 0.15) is 28.8 Å². The van der Waals surface area contributed by atoms with E-state index in [2.05, 4.69) is 10.6 Å². The van der Waals surface area contributed by atoms with E-state index in [-0.39, 0.29) is 29.1 Å². The number of rotatable bonds is 3. The zero-order valence-corrected chi connectivity index (χ0v) is 11.0. The van der Waals surface area contributed by atoms with Gasteiger partial charge in [-0.05, 0) is 18.9 Å². The summed E-state index contributed by atoms with van der Waals surface area (Å²) in [5.41, 5.74) is 0.849. The number of amides is 2. The molecule has 1 unspecified atom stereocenters. The summed E-state index contributed by atoms with van der Waals surface area (Å²) >= 11 is 0. The van der Waals surface area contributed by atoms with Crippen molar-refractivity contribution < 1.29 is 14.5 Å². The molecule has 2 amide bonds. The number of nitrogens with zero attached hydrogens (tertiary/aromatic N) is 1. The molecular weight excluding hydrogens is 262 g/mol. The Kier molecular flexibility index (Phi) is 3.97. The number of benzene rings is 1. The van der Waals surface area contributed by atoms with Gasteiger partial charge in [0, 0.05) is 36.7 Å². The second-order valence-electron chi connectivity index (χ2n) is 4.77. The molecule has 1 heterocycles. The minimum atomic E-state index is -0.531. The number of carbonyl (C=O) groups excluding carboxylic acids is 2. The van der Waals surface area contributed by atoms with Gasteiger partial charge >= 0.3 is 0 Å². The smallest absolute Gasteiger partial charge is 0.270 e. The summed E-state index contributed by atoms with van der Waals surface area (Å²) in [4.78, 5) is 33.4. The minimum Gasteiger partial charge on any atom is -0.354 e.